The molecule has 0 spiro atoms. The van der Waals surface area contributed by atoms with Crippen LogP contribution in [0.15, 0.2) is 71.0 Å². The van der Waals surface area contributed by atoms with Gasteiger partial charge in [-0.3, -0.25) is 4.79 Å². The number of amides is 3. The Morgan fingerprint density at radius 2 is 1.56 bits per heavy atom. The van der Waals surface area contributed by atoms with Crippen LogP contribution in [0.1, 0.15) is 83.9 Å². The molecule has 0 radical (unpaired) electrons. The Morgan fingerprint density at radius 3 is 2.17 bits per heavy atom. The second-order valence-corrected chi connectivity index (χ2v) is 16.0. The number of hydrogen-bond acceptors (Lipinski definition) is 9. The molecule has 3 N–H and O–H groups in total. The number of hydrogen-bond donors (Lipinski definition) is 3. The highest BCUT2D eigenvalue weighted by molar-refractivity contribution is 7.17. The molecule has 0 bridgehead atoms. The van der Waals surface area contributed by atoms with E-state index in [4.69, 9.17) is 18.9 Å². The second kappa shape index (κ2) is 16.2. The fourth-order valence-corrected chi connectivity index (χ4v) is 5.67. The summed E-state index contributed by atoms with van der Waals surface area (Å²) < 4.78 is 25.6. The normalized spacial score (nSPS) is 13.0. The first-order valence-electron chi connectivity index (χ1n) is 16.8. The predicted octanol–water partition coefficient (Wildman–Crippen LogP) is 7.78. The van der Waals surface area contributed by atoms with Crippen LogP contribution in [0.25, 0.3) is 10.2 Å². The second-order valence-electron chi connectivity index (χ2n) is 15.0. The lowest BCUT2D eigenvalue weighted by Crippen LogP contribution is -2.52. The molecule has 0 aliphatic rings. The van der Waals surface area contributed by atoms with Gasteiger partial charge in [0.15, 0.2) is 0 Å². The first-order valence-corrected chi connectivity index (χ1v) is 17.6. The first kappa shape index (κ1) is 39.9. The van der Waals surface area contributed by atoms with Crippen molar-refractivity contribution in [1.82, 2.24) is 14.8 Å². The smallest absolute Gasteiger partial charge is 0.437 e. The number of carbonyl (C=O) groups excluding carboxylic acids is 3. The van der Waals surface area contributed by atoms with Crippen molar-refractivity contribution in [2.75, 3.05) is 5.32 Å². The number of carbonyl (C=O) groups is 3. The van der Waals surface area contributed by atoms with E-state index in [1.54, 1.807) is 97.9 Å². The molecule has 280 valence electrons. The van der Waals surface area contributed by atoms with Crippen LogP contribution in [0.2, 0.25) is 0 Å². The quantitative estimate of drug-likeness (QED) is 0.0889. The Labute approximate surface area is 308 Å². The molecule has 4 aromatic rings. The van der Waals surface area contributed by atoms with Crippen LogP contribution in [0.4, 0.5) is 15.3 Å². The van der Waals surface area contributed by atoms with Gasteiger partial charge in [0, 0.05) is 18.3 Å². The van der Waals surface area contributed by atoms with Crippen molar-refractivity contribution in [1.29, 1.82) is 0 Å². The number of fused-ring (bicyclic) bond motifs is 1. The Balaban J connectivity index is 1.52. The highest BCUT2D eigenvalue weighted by Gasteiger charge is 2.30. The minimum atomic E-state index is -1.64. The van der Waals surface area contributed by atoms with Gasteiger partial charge in [-0.1, -0.05) is 30.3 Å². The Bertz CT molecular complexity index is 1890. The maximum atomic E-state index is 13.6. The first-order chi connectivity index (χ1) is 24.2. The van der Waals surface area contributed by atoms with Crippen LogP contribution in [0, 0.1) is 0 Å². The number of aromatic nitrogens is 1. The van der Waals surface area contributed by atoms with Gasteiger partial charge >= 0.3 is 12.2 Å². The third kappa shape index (κ3) is 11.8. The number of thiophene rings is 1. The van der Waals surface area contributed by atoms with Crippen molar-refractivity contribution in [3.05, 3.63) is 82.9 Å². The molecule has 0 aliphatic heterocycles. The number of para-hydroxylation sites is 1. The monoisotopic (exact) mass is 735 g/mol. The topological polar surface area (TPSA) is 153 Å². The molecule has 2 aromatic heterocycles. The van der Waals surface area contributed by atoms with Gasteiger partial charge in [0.1, 0.15) is 29.3 Å². The van der Waals surface area contributed by atoms with E-state index in [1.807, 2.05) is 53.4 Å². The lowest BCUT2D eigenvalue weighted by molar-refractivity contribution is -0.173. The summed E-state index contributed by atoms with van der Waals surface area (Å²) in [7, 11) is 1.87. The van der Waals surface area contributed by atoms with E-state index in [-0.39, 0.29) is 25.0 Å². The van der Waals surface area contributed by atoms with Crippen molar-refractivity contribution in [3.8, 4) is 5.75 Å². The Hall–Kier alpha value is -4.92. The number of nitrogens with zero attached hydrogens (tertiary/aromatic N) is 3. The molecule has 3 amide bonds. The number of benzene rings is 2. The summed E-state index contributed by atoms with van der Waals surface area (Å²) in [6, 6.07) is 18.2. The van der Waals surface area contributed by atoms with E-state index in [1.165, 1.54) is 0 Å². The number of aliphatic hydroxyl groups is 1. The molecular weight excluding hydrogens is 687 g/mol. The number of aliphatic hydroxyl groups excluding tert-OH is 1. The fourth-order valence-electron chi connectivity index (χ4n) is 4.82. The number of aryl methyl sites for hydroxylation is 1. The third-order valence-electron chi connectivity index (χ3n) is 7.00. The summed E-state index contributed by atoms with van der Waals surface area (Å²) in [5, 5.41) is 18.3. The molecule has 2 aromatic carbocycles. The van der Waals surface area contributed by atoms with Gasteiger partial charge in [-0.05, 0) is 104 Å². The molecule has 0 saturated carbocycles. The zero-order valence-corrected chi connectivity index (χ0v) is 32.2. The van der Waals surface area contributed by atoms with Gasteiger partial charge in [-0.2, -0.15) is 0 Å². The molecule has 0 saturated heterocycles. The van der Waals surface area contributed by atoms with E-state index in [0.717, 1.165) is 20.7 Å². The molecule has 1 atom stereocenters. The summed E-state index contributed by atoms with van der Waals surface area (Å²) >= 11 is 1.58. The van der Waals surface area contributed by atoms with E-state index in [2.05, 4.69) is 15.6 Å². The standard InChI is InChI=1S/C38H49N5O8S/c1-36(2,3)49-33(45)40-32(41-34(46)50-37(4,5)6)43(35(47)51-38(7,8)9)22-24-15-17-26(18-16-24)48-23-25-13-11-12-14-27(25)39-31(44)29-21-30-28(42(29)10)19-20-52-30/h11-21,33,45H,22-23H2,1-10H3,(H,39,44)(H,40,41,46). The van der Waals surface area contributed by atoms with Crippen molar-refractivity contribution in [3.63, 3.8) is 0 Å². The number of nitrogens with one attached hydrogen (secondary N) is 2. The number of anilines is 1. The summed E-state index contributed by atoms with van der Waals surface area (Å²) in [5.41, 5.74) is 1.04. The van der Waals surface area contributed by atoms with Crippen molar-refractivity contribution in [2.45, 2.75) is 98.7 Å². The minimum Gasteiger partial charge on any atom is -0.489 e. The van der Waals surface area contributed by atoms with Crippen molar-refractivity contribution < 1.29 is 38.4 Å². The number of rotatable bonds is 9. The molecule has 4 rings (SSSR count). The van der Waals surface area contributed by atoms with E-state index in [0.29, 0.717) is 22.7 Å². The molecule has 1 unspecified atom stereocenters. The maximum absolute atomic E-state index is 13.6. The fraction of sp³-hybridized carbons (Fsp3) is 0.421. The van der Waals surface area contributed by atoms with Crippen LogP contribution < -0.4 is 15.4 Å². The Kier molecular flexibility index (Phi) is 12.4. The highest BCUT2D eigenvalue weighted by atomic mass is 32.1. The van der Waals surface area contributed by atoms with Crippen molar-refractivity contribution >= 4 is 51.3 Å². The van der Waals surface area contributed by atoms with Gasteiger partial charge in [0.05, 0.1) is 22.4 Å². The molecule has 0 aliphatic carbocycles. The van der Waals surface area contributed by atoms with Crippen molar-refractivity contribution in [2.24, 2.45) is 12.0 Å². The van der Waals surface area contributed by atoms with Crippen LogP contribution in [-0.2, 0) is 34.4 Å². The number of guanidine groups is 1. The highest BCUT2D eigenvalue weighted by Crippen LogP contribution is 2.26. The molecule has 52 heavy (non-hydrogen) atoms. The zero-order chi connectivity index (χ0) is 38.4. The van der Waals surface area contributed by atoms with Gasteiger partial charge < -0.3 is 39.3 Å². The number of aliphatic imine (C=N–C) groups is 1. The Morgan fingerprint density at radius 1 is 0.904 bits per heavy atom. The van der Waals surface area contributed by atoms with Crippen LogP contribution in [0.5, 0.6) is 5.75 Å². The van der Waals surface area contributed by atoms with E-state index < -0.39 is 35.4 Å². The average Bonchev–Trinajstić information content (AvgIpc) is 3.59. The lowest BCUT2D eigenvalue weighted by atomic mass is 10.1. The minimum absolute atomic E-state index is 0.113. The summed E-state index contributed by atoms with van der Waals surface area (Å²) in [6.45, 7) is 15.4. The number of ether oxygens (including phenoxy) is 4. The zero-order valence-electron chi connectivity index (χ0n) is 31.4. The van der Waals surface area contributed by atoms with Gasteiger partial charge in [0.2, 0.25) is 12.4 Å². The molecule has 14 heteroatoms. The molecule has 0 fully saturated rings. The third-order valence-corrected chi connectivity index (χ3v) is 7.85. The van der Waals surface area contributed by atoms with Crippen LogP contribution in [-0.4, -0.2) is 61.8 Å². The van der Waals surface area contributed by atoms with Gasteiger partial charge in [-0.15, -0.1) is 16.3 Å². The SMILES string of the molecule is Cn1c(C(=O)Nc2ccccc2COc2ccc(CN(C(=O)OC(C)(C)C)/C(=N\C(=O)OC(C)(C)C)NC(O)OC(C)(C)C)cc2)cc2sccc21. The molecule has 2 heterocycles. The predicted molar refractivity (Wildman–Crippen MR) is 201 cm³/mol. The summed E-state index contributed by atoms with van der Waals surface area (Å²) in [5.74, 6) is -0.0284. The van der Waals surface area contributed by atoms with Gasteiger partial charge in [0.25, 0.3) is 5.91 Å². The lowest BCUT2D eigenvalue weighted by Gasteiger charge is -2.31. The molecular formula is C38H49N5O8S. The average molecular weight is 736 g/mol. The molecule has 13 nitrogen and oxygen atoms in total. The van der Waals surface area contributed by atoms with Gasteiger partial charge in [-0.25, -0.2) is 14.5 Å². The largest absolute Gasteiger partial charge is 0.489 e. The van der Waals surface area contributed by atoms with E-state index in [9.17, 15) is 19.5 Å². The van der Waals surface area contributed by atoms with Crippen LogP contribution >= 0.6 is 11.3 Å². The maximum Gasteiger partial charge on any atom is 0.437 e. The van der Waals surface area contributed by atoms with E-state index >= 15 is 0 Å². The summed E-state index contributed by atoms with van der Waals surface area (Å²) in [6.07, 6.45) is -3.46. The summed E-state index contributed by atoms with van der Waals surface area (Å²) in [4.78, 5) is 44.7. The van der Waals surface area contributed by atoms with Crippen LogP contribution in [0.3, 0.4) is 0 Å².